The first-order chi connectivity index (χ1) is 22.0. The summed E-state index contributed by atoms with van der Waals surface area (Å²) in [4.78, 5) is 19.9. The molecule has 0 saturated carbocycles. The molecule has 0 unspecified atom stereocenters. The number of nitrogens with zero attached hydrogens (tertiary/aromatic N) is 4. The van der Waals surface area contributed by atoms with E-state index in [1.165, 1.54) is 0 Å². The summed E-state index contributed by atoms with van der Waals surface area (Å²) in [6.07, 6.45) is 20.9. The van der Waals surface area contributed by atoms with Gasteiger partial charge in [0.05, 0.1) is 35.3 Å². The molecular formula is C38H31N6O+. The lowest BCUT2D eigenvalue weighted by Gasteiger charge is -2.16. The summed E-state index contributed by atoms with van der Waals surface area (Å²) < 4.78 is 7.52. The second kappa shape index (κ2) is 10.6. The molecule has 218 valence electrons. The molecule has 2 N–H and O–H groups in total. The molecular weight excluding hydrogens is 556 g/mol. The van der Waals surface area contributed by atoms with Crippen LogP contribution in [0.5, 0.6) is 5.75 Å². The summed E-state index contributed by atoms with van der Waals surface area (Å²) in [6.45, 7) is 0. The van der Waals surface area contributed by atoms with Gasteiger partial charge in [-0.2, -0.15) is 0 Å². The highest BCUT2D eigenvalue weighted by Crippen LogP contribution is 2.35. The Morgan fingerprint density at radius 3 is 1.98 bits per heavy atom. The third kappa shape index (κ3) is 4.75. The van der Waals surface area contributed by atoms with E-state index in [-0.39, 0.29) is 0 Å². The van der Waals surface area contributed by atoms with Gasteiger partial charge in [-0.1, -0.05) is 12.1 Å². The molecule has 0 atom stereocenters. The van der Waals surface area contributed by atoms with Crippen molar-refractivity contribution in [3.8, 4) is 5.75 Å². The lowest BCUT2D eigenvalue weighted by atomic mass is 9.99. The van der Waals surface area contributed by atoms with Gasteiger partial charge in [-0.3, -0.25) is 0 Å². The second-order valence-corrected chi connectivity index (χ2v) is 11.4. The Morgan fingerprint density at radius 1 is 0.622 bits per heavy atom. The normalized spacial score (nSPS) is 16.8. The van der Waals surface area contributed by atoms with Crippen molar-refractivity contribution >= 4 is 33.8 Å². The largest absolute Gasteiger partial charge is 0.497 e. The van der Waals surface area contributed by atoms with Gasteiger partial charge in [0.1, 0.15) is 12.8 Å². The number of rotatable bonds is 3. The van der Waals surface area contributed by atoms with Gasteiger partial charge in [-0.05, 0) is 89.6 Å². The summed E-state index contributed by atoms with van der Waals surface area (Å²) in [5.74, 6) is 0.807. The standard InChI is InChI=1S/C38H30N6O/c1-43-20-16-25(17-21-43)37-30-10-8-28(39-30)29-9-11-31(40-29)38(26-18-22-44(2)23-19-26)35-15-13-33(42-35)36(32-12-14-34(37)41-32)24-4-6-27(45-3)7-5-24/h4-23H,1-3H3,(H,41,42)/p+1. The predicted octanol–water partition coefficient (Wildman–Crippen LogP) is 4.70. The van der Waals surface area contributed by atoms with Gasteiger partial charge in [0.2, 0.25) is 0 Å². The van der Waals surface area contributed by atoms with Gasteiger partial charge in [0.15, 0.2) is 12.4 Å². The van der Waals surface area contributed by atoms with E-state index in [4.69, 9.17) is 14.7 Å². The average Bonchev–Trinajstić information content (AvgIpc) is 3.89. The van der Waals surface area contributed by atoms with Gasteiger partial charge >= 0.3 is 0 Å². The highest BCUT2D eigenvalue weighted by molar-refractivity contribution is 6.33. The molecule has 1 aromatic carbocycles. The van der Waals surface area contributed by atoms with Crippen molar-refractivity contribution in [1.82, 2.24) is 14.9 Å². The molecule has 0 amide bonds. The third-order valence-electron chi connectivity index (χ3n) is 8.42. The number of H-pyrrole nitrogens is 2. The number of nitrogens with one attached hydrogen (secondary N) is 2. The number of aliphatic imine (C=N–C) groups is 2. The Balaban J connectivity index is 1.45. The summed E-state index contributed by atoms with van der Waals surface area (Å²) in [6, 6.07) is 20.9. The van der Waals surface area contributed by atoms with Crippen LogP contribution in [-0.4, -0.2) is 40.4 Å². The Bertz CT molecular complexity index is 2230. The molecule has 7 heteroatoms. The quantitative estimate of drug-likeness (QED) is 0.341. The minimum atomic E-state index is 0.807. The highest BCUT2D eigenvalue weighted by Gasteiger charge is 2.23. The fraction of sp³-hybridized carbons (Fsp3) is 0.0789. The number of hydrogen-bond acceptors (Lipinski definition) is 4. The summed E-state index contributed by atoms with van der Waals surface area (Å²) >= 11 is 0. The summed E-state index contributed by atoms with van der Waals surface area (Å²) in [7, 11) is 5.74. The van der Waals surface area contributed by atoms with Crippen LogP contribution in [0.3, 0.4) is 0 Å². The SMILES string of the molecule is COc1ccc(C2=C3C=CC(=N3)C(c3cc[n+](C)cc3)=c3ccc([nH]3)=C3C=CC(=N3)C(=C3C=CN(C)C=C3)c3ccc2[nH]3)cc1. The number of ether oxygens (including phenoxy) is 1. The highest BCUT2D eigenvalue weighted by atomic mass is 16.5. The van der Waals surface area contributed by atoms with Crippen molar-refractivity contribution in [2.24, 2.45) is 17.0 Å². The zero-order valence-corrected chi connectivity index (χ0v) is 25.2. The van der Waals surface area contributed by atoms with E-state index in [1.54, 1.807) is 7.11 Å². The van der Waals surface area contributed by atoms with E-state index < -0.39 is 0 Å². The van der Waals surface area contributed by atoms with Crippen molar-refractivity contribution < 1.29 is 9.30 Å². The first-order valence-electron chi connectivity index (χ1n) is 14.9. The first-order valence-corrected chi connectivity index (χ1v) is 14.9. The molecule has 4 aromatic rings. The molecule has 8 bridgehead atoms. The van der Waals surface area contributed by atoms with E-state index in [0.29, 0.717) is 0 Å². The number of allylic oxidation sites excluding steroid dienone is 7. The third-order valence-corrected chi connectivity index (χ3v) is 8.42. The van der Waals surface area contributed by atoms with E-state index in [2.05, 4.69) is 120 Å². The van der Waals surface area contributed by atoms with Crippen LogP contribution >= 0.6 is 0 Å². The van der Waals surface area contributed by atoms with E-state index in [0.717, 1.165) is 84.1 Å². The molecule has 0 spiro atoms. The number of methoxy groups -OCH3 is 1. The molecule has 45 heavy (non-hydrogen) atoms. The Labute approximate surface area is 261 Å². The van der Waals surface area contributed by atoms with Crippen LogP contribution in [0.4, 0.5) is 0 Å². The van der Waals surface area contributed by atoms with Gasteiger partial charge in [0, 0.05) is 65.0 Å². The Hall–Kier alpha value is -5.95. The average molecular weight is 588 g/mol. The van der Waals surface area contributed by atoms with Crippen molar-refractivity contribution in [2.75, 3.05) is 14.2 Å². The molecule has 4 aliphatic heterocycles. The maximum absolute atomic E-state index is 5.48. The Morgan fingerprint density at radius 2 is 1.24 bits per heavy atom. The molecule has 3 aromatic heterocycles. The van der Waals surface area contributed by atoms with Crippen LogP contribution in [-0.2, 0) is 7.05 Å². The van der Waals surface area contributed by atoms with E-state index >= 15 is 0 Å². The van der Waals surface area contributed by atoms with Crippen LogP contribution in [0, 0.1) is 0 Å². The van der Waals surface area contributed by atoms with E-state index in [9.17, 15) is 0 Å². The molecule has 0 radical (unpaired) electrons. The number of fused-ring (bicyclic) bond motifs is 6. The smallest absolute Gasteiger partial charge is 0.169 e. The van der Waals surface area contributed by atoms with Crippen molar-refractivity contribution in [3.63, 3.8) is 0 Å². The van der Waals surface area contributed by atoms with Gasteiger partial charge < -0.3 is 19.6 Å². The van der Waals surface area contributed by atoms with Crippen LogP contribution in [0.25, 0.3) is 22.4 Å². The first kappa shape index (κ1) is 26.7. The number of aromatic nitrogens is 3. The van der Waals surface area contributed by atoms with Crippen LogP contribution < -0.4 is 20.0 Å². The van der Waals surface area contributed by atoms with E-state index in [1.807, 2.05) is 35.7 Å². The van der Waals surface area contributed by atoms with Crippen molar-refractivity contribution in [3.05, 3.63) is 166 Å². The van der Waals surface area contributed by atoms with Crippen molar-refractivity contribution in [2.45, 2.75) is 0 Å². The van der Waals surface area contributed by atoms with Gasteiger partial charge in [-0.15, -0.1) is 0 Å². The maximum atomic E-state index is 5.48. The topological polar surface area (TPSA) is 72.7 Å². The number of aryl methyl sites for hydroxylation is 1. The zero-order valence-electron chi connectivity index (χ0n) is 25.2. The fourth-order valence-electron chi connectivity index (χ4n) is 6.09. The number of pyridine rings is 1. The van der Waals surface area contributed by atoms with Crippen LogP contribution in [0.2, 0.25) is 0 Å². The number of aromatic amines is 2. The maximum Gasteiger partial charge on any atom is 0.169 e. The number of hydrogen-bond donors (Lipinski definition) is 2. The van der Waals surface area contributed by atoms with Gasteiger partial charge in [0.25, 0.3) is 0 Å². The lowest BCUT2D eigenvalue weighted by Crippen LogP contribution is -2.26. The van der Waals surface area contributed by atoms with Crippen LogP contribution in [0.1, 0.15) is 22.5 Å². The molecule has 7 heterocycles. The minimum Gasteiger partial charge on any atom is -0.497 e. The molecule has 0 fully saturated rings. The summed E-state index contributed by atoms with van der Waals surface area (Å²) in [5, 5.41) is 1.93. The monoisotopic (exact) mass is 587 g/mol. The number of benzene rings is 1. The molecule has 4 aliphatic rings. The zero-order chi connectivity index (χ0) is 30.5. The minimum absolute atomic E-state index is 0.807. The molecule has 0 saturated heterocycles. The molecule has 8 rings (SSSR count). The molecule has 0 aliphatic carbocycles. The summed E-state index contributed by atoms with van der Waals surface area (Å²) in [5.41, 5.74) is 11.8. The molecule has 7 nitrogen and oxygen atoms in total. The van der Waals surface area contributed by atoms with Crippen molar-refractivity contribution in [1.29, 1.82) is 0 Å². The second-order valence-electron chi connectivity index (χ2n) is 11.4. The lowest BCUT2D eigenvalue weighted by molar-refractivity contribution is -0.671. The predicted molar refractivity (Wildman–Crippen MR) is 180 cm³/mol. The Kier molecular flexibility index (Phi) is 6.31. The van der Waals surface area contributed by atoms with Gasteiger partial charge in [-0.25, -0.2) is 14.6 Å². The fourth-order valence-corrected chi connectivity index (χ4v) is 6.09. The van der Waals surface area contributed by atoms with Crippen LogP contribution in [0.15, 0.2) is 143 Å².